The molecule has 0 radical (unpaired) electrons. The minimum atomic E-state index is -4.67. The number of carbonyl (C=O) groups excluding carboxylic acids is 1. The molecule has 0 aliphatic carbocycles. The number of amides is 1. The molecule has 3 aromatic rings. The molecular formula is C32H40F3N7O2. The van der Waals surface area contributed by atoms with Crippen LogP contribution in [0.3, 0.4) is 0 Å². The summed E-state index contributed by atoms with van der Waals surface area (Å²) < 4.78 is 41.6. The highest BCUT2D eigenvalue weighted by Crippen LogP contribution is 2.48. The molecular weight excluding hydrogens is 571 g/mol. The van der Waals surface area contributed by atoms with Crippen LogP contribution in [0.15, 0.2) is 36.5 Å². The number of alkyl halides is 3. The molecule has 44 heavy (non-hydrogen) atoms. The number of hydrogen-bond donors (Lipinski definition) is 2. The summed E-state index contributed by atoms with van der Waals surface area (Å²) in [5.74, 6) is -0.789. The second kappa shape index (κ2) is 11.1. The van der Waals surface area contributed by atoms with E-state index >= 15 is 0 Å². The number of hydrogen-bond acceptors (Lipinski definition) is 7. The molecule has 2 N–H and O–H groups in total. The van der Waals surface area contributed by atoms with Crippen LogP contribution < -0.4 is 10.2 Å². The van der Waals surface area contributed by atoms with Crippen molar-refractivity contribution in [3.05, 3.63) is 53.5 Å². The topological polar surface area (TPSA) is 89.8 Å². The van der Waals surface area contributed by atoms with Gasteiger partial charge in [-0.3, -0.25) is 14.4 Å². The summed E-state index contributed by atoms with van der Waals surface area (Å²) in [6, 6.07) is 7.00. The number of benzene rings is 1. The van der Waals surface area contributed by atoms with Gasteiger partial charge in [-0.05, 0) is 101 Å². The molecule has 9 nitrogen and oxygen atoms in total. The summed E-state index contributed by atoms with van der Waals surface area (Å²) in [4.78, 5) is 23.1. The zero-order valence-corrected chi connectivity index (χ0v) is 25.1. The number of rotatable bonds is 5. The van der Waals surface area contributed by atoms with E-state index in [2.05, 4.69) is 20.1 Å². The van der Waals surface area contributed by atoms with Crippen LogP contribution in [0, 0.1) is 5.41 Å². The van der Waals surface area contributed by atoms with Gasteiger partial charge in [0, 0.05) is 43.3 Å². The summed E-state index contributed by atoms with van der Waals surface area (Å²) in [6.45, 7) is 10.5. The van der Waals surface area contributed by atoms with Gasteiger partial charge in [-0.2, -0.15) is 18.3 Å². The van der Waals surface area contributed by atoms with E-state index in [-0.39, 0.29) is 11.7 Å². The van der Waals surface area contributed by atoms with Gasteiger partial charge in [0.1, 0.15) is 11.4 Å². The van der Waals surface area contributed by atoms with Gasteiger partial charge >= 0.3 is 6.18 Å². The lowest BCUT2D eigenvalue weighted by atomic mass is 9.71. The van der Waals surface area contributed by atoms with E-state index in [1.165, 1.54) is 64.9 Å². The Balaban J connectivity index is 0.975. The number of aromatic nitrogens is 3. The quantitative estimate of drug-likeness (QED) is 0.443. The van der Waals surface area contributed by atoms with Crippen LogP contribution in [0.4, 0.5) is 18.9 Å². The highest BCUT2D eigenvalue weighted by Gasteiger charge is 2.49. The Kier molecular flexibility index (Phi) is 7.46. The number of nitrogens with one attached hydrogen (secondary N) is 1. The van der Waals surface area contributed by atoms with Gasteiger partial charge in [-0.25, -0.2) is 4.98 Å². The van der Waals surface area contributed by atoms with E-state index < -0.39 is 23.5 Å². The minimum absolute atomic E-state index is 0.258. The molecule has 236 valence electrons. The molecule has 1 amide bonds. The van der Waals surface area contributed by atoms with Gasteiger partial charge in [-0.15, -0.1) is 0 Å². The number of likely N-dealkylation sites (tertiary alicyclic amines) is 2. The third-order valence-electron chi connectivity index (χ3n) is 10.5. The van der Waals surface area contributed by atoms with Crippen LogP contribution >= 0.6 is 0 Å². The third kappa shape index (κ3) is 5.39. The number of carbonyl (C=O) groups is 1. The molecule has 0 saturated carbocycles. The zero-order chi connectivity index (χ0) is 30.7. The predicted molar refractivity (Wildman–Crippen MR) is 160 cm³/mol. The van der Waals surface area contributed by atoms with Crippen molar-refractivity contribution in [2.24, 2.45) is 5.41 Å². The Hall–Kier alpha value is -3.06. The first-order chi connectivity index (χ1) is 21.0. The number of halogens is 3. The number of fused-ring (bicyclic) bond motifs is 2. The minimum Gasteiger partial charge on any atom is -0.366 e. The second-order valence-corrected chi connectivity index (χ2v) is 13.3. The fraction of sp³-hybridized carbons (Fsp3) is 0.594. The van der Waals surface area contributed by atoms with Gasteiger partial charge in [0.15, 0.2) is 5.72 Å². The largest absolute Gasteiger partial charge is 0.433 e. The molecule has 6 heterocycles. The third-order valence-corrected chi connectivity index (χ3v) is 10.5. The number of pyridine rings is 1. The van der Waals surface area contributed by atoms with Crippen molar-refractivity contribution in [2.75, 3.05) is 57.3 Å². The van der Waals surface area contributed by atoms with E-state index in [4.69, 9.17) is 5.10 Å². The van der Waals surface area contributed by atoms with Crippen molar-refractivity contribution in [1.29, 1.82) is 0 Å². The molecule has 4 aliphatic rings. The summed E-state index contributed by atoms with van der Waals surface area (Å²) in [5.41, 5.74) is -0.958. The summed E-state index contributed by atoms with van der Waals surface area (Å²) in [5, 5.41) is 20.3. The van der Waals surface area contributed by atoms with Crippen LogP contribution in [0.1, 0.15) is 73.2 Å². The number of anilines is 1. The standard InChI is InChI=1S/C32H40F3N7O2/c1-30(44)24-20-26-22(19-27(24)42(30)29(43)25-3-2-4-28(37-25)32(33,34)35)21-41(38-26)23-5-13-39(14-6-23)17-18-40-15-9-31(10-16-40)7-11-36-12-8-31/h2-4,19-21,23,36,44H,5-18H2,1H3. The van der Waals surface area contributed by atoms with Gasteiger partial charge in [0.25, 0.3) is 5.91 Å². The van der Waals surface area contributed by atoms with Crippen LogP contribution in [-0.2, 0) is 11.9 Å². The molecule has 1 spiro atoms. The van der Waals surface area contributed by atoms with E-state index in [0.29, 0.717) is 22.2 Å². The van der Waals surface area contributed by atoms with Crippen molar-refractivity contribution >= 4 is 22.5 Å². The highest BCUT2D eigenvalue weighted by molar-refractivity contribution is 6.10. The van der Waals surface area contributed by atoms with Gasteiger partial charge < -0.3 is 20.2 Å². The molecule has 2 aromatic heterocycles. The number of aliphatic hydroxyl groups is 1. The number of nitrogens with zero attached hydrogens (tertiary/aromatic N) is 6. The Bertz CT molecular complexity index is 1530. The Morgan fingerprint density at radius 2 is 1.70 bits per heavy atom. The average Bonchev–Trinajstić information content (AvgIpc) is 3.44. The molecule has 3 saturated heterocycles. The van der Waals surface area contributed by atoms with Crippen molar-refractivity contribution in [3.63, 3.8) is 0 Å². The first-order valence-corrected chi connectivity index (χ1v) is 15.8. The molecule has 0 bridgehead atoms. The lowest BCUT2D eigenvalue weighted by molar-refractivity contribution is -0.141. The van der Waals surface area contributed by atoms with Crippen LogP contribution in [0.2, 0.25) is 0 Å². The molecule has 3 fully saturated rings. The van der Waals surface area contributed by atoms with E-state index in [0.717, 1.165) is 61.4 Å². The fourth-order valence-corrected chi connectivity index (χ4v) is 7.66. The Morgan fingerprint density at radius 3 is 2.39 bits per heavy atom. The fourth-order valence-electron chi connectivity index (χ4n) is 7.66. The SMILES string of the molecule is CC1(O)c2cc3nn(C4CCN(CCN5CCC6(CCNCC6)CC5)CC4)cc3cc2N1C(=O)c1cccc(C(F)(F)F)n1. The van der Waals surface area contributed by atoms with E-state index in [1.54, 1.807) is 12.1 Å². The maximum atomic E-state index is 13.2. The smallest absolute Gasteiger partial charge is 0.366 e. The number of piperidine rings is 3. The zero-order valence-electron chi connectivity index (χ0n) is 25.1. The van der Waals surface area contributed by atoms with Crippen molar-refractivity contribution in [2.45, 2.75) is 63.4 Å². The molecule has 1 aromatic carbocycles. The van der Waals surface area contributed by atoms with Crippen LogP contribution in [0.5, 0.6) is 0 Å². The Morgan fingerprint density at radius 1 is 1.02 bits per heavy atom. The summed E-state index contributed by atoms with van der Waals surface area (Å²) in [6.07, 6.45) is 4.59. The van der Waals surface area contributed by atoms with Gasteiger partial charge in [-0.1, -0.05) is 6.07 Å². The van der Waals surface area contributed by atoms with E-state index in [1.807, 2.05) is 10.9 Å². The monoisotopic (exact) mass is 611 g/mol. The second-order valence-electron chi connectivity index (χ2n) is 13.3. The van der Waals surface area contributed by atoms with Gasteiger partial charge in [0.2, 0.25) is 0 Å². The maximum absolute atomic E-state index is 13.2. The lowest BCUT2D eigenvalue weighted by Gasteiger charge is -2.47. The summed E-state index contributed by atoms with van der Waals surface area (Å²) >= 11 is 0. The van der Waals surface area contributed by atoms with Gasteiger partial charge in [0.05, 0.1) is 17.2 Å². The van der Waals surface area contributed by atoms with E-state index in [9.17, 15) is 23.1 Å². The average molecular weight is 612 g/mol. The molecule has 12 heteroatoms. The molecule has 7 rings (SSSR count). The highest BCUT2D eigenvalue weighted by atomic mass is 19.4. The molecule has 4 aliphatic heterocycles. The van der Waals surface area contributed by atoms with Crippen LogP contribution in [0.25, 0.3) is 10.9 Å². The lowest BCUT2D eigenvalue weighted by Crippen LogP contribution is -2.56. The van der Waals surface area contributed by atoms with Crippen molar-refractivity contribution in [3.8, 4) is 0 Å². The molecule has 1 atom stereocenters. The van der Waals surface area contributed by atoms with Crippen molar-refractivity contribution < 1.29 is 23.1 Å². The van der Waals surface area contributed by atoms with Crippen molar-refractivity contribution in [1.82, 2.24) is 29.9 Å². The normalized spacial score (nSPS) is 24.9. The molecule has 1 unspecified atom stereocenters. The van der Waals surface area contributed by atoms with Crippen LogP contribution in [-0.4, -0.2) is 87.9 Å². The predicted octanol–water partition coefficient (Wildman–Crippen LogP) is 4.38. The maximum Gasteiger partial charge on any atom is 0.433 e. The summed E-state index contributed by atoms with van der Waals surface area (Å²) in [7, 11) is 0. The Labute approximate surface area is 255 Å². The first-order valence-electron chi connectivity index (χ1n) is 15.8. The first kappa shape index (κ1) is 29.6.